The summed E-state index contributed by atoms with van der Waals surface area (Å²) in [5.41, 5.74) is 5.13. The number of nitrogens with one attached hydrogen (secondary N) is 1. The lowest BCUT2D eigenvalue weighted by Crippen LogP contribution is -2.24. The Morgan fingerprint density at radius 2 is 1.15 bits per heavy atom. The van der Waals surface area contributed by atoms with E-state index in [1.165, 1.54) is 0 Å². The maximum Gasteiger partial charge on any atom is 0.300 e. The molecule has 0 fully saturated rings. The summed E-state index contributed by atoms with van der Waals surface area (Å²) in [4.78, 5) is 27.0. The smallest absolute Gasteiger partial charge is 0.300 e. The molecule has 0 aliphatic carbocycles. The number of rotatable bonds is 4. The van der Waals surface area contributed by atoms with Gasteiger partial charge in [-0.2, -0.15) is 0 Å². The van der Waals surface area contributed by atoms with Crippen molar-refractivity contribution >= 4 is 17.9 Å². The largest absolute Gasteiger partial charge is 0.481 e. The number of carbonyl (C=O) groups is 3. The molecule has 0 heterocycles. The van der Waals surface area contributed by atoms with Gasteiger partial charge >= 0.3 is 0 Å². The van der Waals surface area contributed by atoms with E-state index in [0.717, 1.165) is 27.3 Å². The van der Waals surface area contributed by atoms with Crippen molar-refractivity contribution in [2.24, 2.45) is 5.73 Å². The van der Waals surface area contributed by atoms with Gasteiger partial charge in [0.25, 0.3) is 17.9 Å². The minimum absolute atomic E-state index is 0. The van der Waals surface area contributed by atoms with Crippen LogP contribution in [0, 0.1) is 0 Å². The third-order valence-electron chi connectivity index (χ3n) is 0.610. The molecular formula is C10H27N3O7. The van der Waals surface area contributed by atoms with Crippen LogP contribution in [0.5, 0.6) is 0 Å². The fourth-order valence-corrected chi connectivity index (χ4v) is 0.306. The molecule has 0 spiro atoms. The van der Waals surface area contributed by atoms with Gasteiger partial charge in [0, 0.05) is 40.4 Å². The highest BCUT2D eigenvalue weighted by molar-refractivity contribution is 5.63. The average molecular weight is 301 g/mol. The van der Waals surface area contributed by atoms with E-state index in [1.807, 2.05) is 0 Å². The van der Waals surface area contributed by atoms with Crippen molar-refractivity contribution in [1.29, 1.82) is 0 Å². The minimum Gasteiger partial charge on any atom is -0.481 e. The van der Waals surface area contributed by atoms with Crippen LogP contribution in [0.4, 0.5) is 0 Å². The topological polar surface area (TPSA) is 205 Å². The van der Waals surface area contributed by atoms with Crippen molar-refractivity contribution in [3.63, 3.8) is 0 Å². The number of carboxylic acids is 3. The van der Waals surface area contributed by atoms with Crippen LogP contribution >= 0.6 is 0 Å². The molecular weight excluding hydrogens is 274 g/mol. The molecule has 10 N–H and O–H groups in total. The van der Waals surface area contributed by atoms with Crippen molar-refractivity contribution in [2.45, 2.75) is 20.8 Å². The molecule has 0 amide bonds. The van der Waals surface area contributed by atoms with E-state index in [0.29, 0.717) is 13.1 Å². The molecule has 0 radical (unpaired) electrons. The third kappa shape index (κ3) is 746. The summed E-state index contributed by atoms with van der Waals surface area (Å²) >= 11 is 0. The molecule has 0 aliphatic rings. The Bertz CT molecular complexity index is 180. The summed E-state index contributed by atoms with van der Waals surface area (Å²) in [5.74, 6) is -2.50. The van der Waals surface area contributed by atoms with Crippen LogP contribution in [-0.4, -0.2) is 64.6 Å². The summed E-state index contributed by atoms with van der Waals surface area (Å²) in [5, 5.41) is 33.3. The monoisotopic (exact) mass is 301 g/mol. The number of aliphatic hydroxyl groups excluding tert-OH is 1. The van der Waals surface area contributed by atoms with E-state index in [1.54, 1.807) is 0 Å². The zero-order valence-corrected chi connectivity index (χ0v) is 12.1. The molecule has 0 atom stereocenters. The Labute approximate surface area is 118 Å². The van der Waals surface area contributed by atoms with Crippen molar-refractivity contribution in [1.82, 2.24) is 11.5 Å². The van der Waals surface area contributed by atoms with Crippen LogP contribution in [0.1, 0.15) is 20.8 Å². The van der Waals surface area contributed by atoms with Crippen molar-refractivity contribution in [2.75, 3.05) is 26.2 Å². The molecule has 0 rings (SSSR count). The number of hydrogen-bond acceptors (Lipinski definition) is 7. The maximum absolute atomic E-state index is 9.00. The highest BCUT2D eigenvalue weighted by Gasteiger charge is 1.77. The molecule has 0 saturated carbocycles. The summed E-state index contributed by atoms with van der Waals surface area (Å²) in [6.07, 6.45) is 0. The number of hydrogen-bond donors (Lipinski definition) is 7. The zero-order chi connectivity index (χ0) is 16.3. The highest BCUT2D eigenvalue weighted by atomic mass is 16.4. The lowest BCUT2D eigenvalue weighted by molar-refractivity contribution is -0.135. The first-order valence-electron chi connectivity index (χ1n) is 5.21. The average Bonchev–Trinajstić information content (AvgIpc) is 2.15. The first-order chi connectivity index (χ1) is 8.61. The Morgan fingerprint density at radius 1 is 0.900 bits per heavy atom. The summed E-state index contributed by atoms with van der Waals surface area (Å²) in [7, 11) is 0. The van der Waals surface area contributed by atoms with Gasteiger partial charge in [-0.3, -0.25) is 14.4 Å². The lowest BCUT2D eigenvalue weighted by atomic mass is 10.6. The number of carboxylic acid groups (broad SMARTS) is 3. The Morgan fingerprint density at radius 3 is 1.30 bits per heavy atom. The zero-order valence-electron chi connectivity index (χ0n) is 12.1. The second-order valence-electron chi connectivity index (χ2n) is 2.82. The maximum atomic E-state index is 9.00. The Hall–Kier alpha value is -1.75. The van der Waals surface area contributed by atoms with Crippen LogP contribution in [0.2, 0.25) is 0 Å². The second-order valence-corrected chi connectivity index (χ2v) is 2.82. The predicted octanol–water partition coefficient (Wildman–Crippen LogP) is -1.04. The standard InChI is InChI=1S/C4H12N2O.3C2H4O2.H3N/c5-1-2-6-3-4-7;3*1-2(3)4;/h6-7H,1-5H2;3*1H3,(H,3,4);1H3. The van der Waals surface area contributed by atoms with Gasteiger partial charge in [-0.25, -0.2) is 0 Å². The van der Waals surface area contributed by atoms with E-state index in [2.05, 4.69) is 5.32 Å². The van der Waals surface area contributed by atoms with Gasteiger partial charge in [0.1, 0.15) is 0 Å². The Kier molecular flexibility index (Phi) is 46.9. The fraction of sp³-hybridized carbons (Fsp3) is 0.700. The van der Waals surface area contributed by atoms with Crippen LogP contribution in [0.25, 0.3) is 0 Å². The van der Waals surface area contributed by atoms with E-state index in [9.17, 15) is 0 Å². The number of nitrogens with two attached hydrogens (primary N) is 1. The predicted molar refractivity (Wildman–Crippen MR) is 74.0 cm³/mol. The molecule has 0 aromatic heterocycles. The van der Waals surface area contributed by atoms with Gasteiger partial charge < -0.3 is 37.6 Å². The molecule has 0 unspecified atom stereocenters. The minimum atomic E-state index is -0.833. The molecule has 0 saturated heterocycles. The molecule has 0 aromatic rings. The summed E-state index contributed by atoms with van der Waals surface area (Å²) in [6, 6.07) is 0. The van der Waals surface area contributed by atoms with Gasteiger partial charge in [-0.1, -0.05) is 0 Å². The van der Waals surface area contributed by atoms with Gasteiger partial charge in [0.05, 0.1) is 6.61 Å². The number of aliphatic hydroxyl groups is 1. The van der Waals surface area contributed by atoms with Crippen molar-refractivity contribution in [3.05, 3.63) is 0 Å². The van der Waals surface area contributed by atoms with Gasteiger partial charge in [0.15, 0.2) is 0 Å². The third-order valence-corrected chi connectivity index (χ3v) is 0.610. The quantitative estimate of drug-likeness (QED) is 0.314. The first kappa shape index (κ1) is 30.9. The molecule has 0 aliphatic heterocycles. The summed E-state index contributed by atoms with van der Waals surface area (Å²) in [6.45, 7) is 5.53. The highest BCUT2D eigenvalue weighted by Crippen LogP contribution is 1.52. The molecule has 0 bridgehead atoms. The van der Waals surface area contributed by atoms with Gasteiger partial charge in [-0.05, 0) is 0 Å². The lowest BCUT2D eigenvalue weighted by Gasteiger charge is -1.95. The summed E-state index contributed by atoms with van der Waals surface area (Å²) < 4.78 is 0. The normalized spacial score (nSPS) is 7.05. The van der Waals surface area contributed by atoms with Crippen LogP contribution < -0.4 is 17.2 Å². The van der Waals surface area contributed by atoms with Crippen molar-refractivity contribution < 1.29 is 34.8 Å². The van der Waals surface area contributed by atoms with E-state index in [-0.39, 0.29) is 12.8 Å². The van der Waals surface area contributed by atoms with Gasteiger partial charge in [-0.15, -0.1) is 0 Å². The van der Waals surface area contributed by atoms with Gasteiger partial charge in [0.2, 0.25) is 0 Å². The molecule has 10 nitrogen and oxygen atoms in total. The van der Waals surface area contributed by atoms with Crippen LogP contribution in [0.3, 0.4) is 0 Å². The SMILES string of the molecule is CC(=O)O.CC(=O)O.CC(=O)O.N.NCCNCCO. The van der Waals surface area contributed by atoms with E-state index < -0.39 is 17.9 Å². The van der Waals surface area contributed by atoms with Crippen molar-refractivity contribution in [3.8, 4) is 0 Å². The van der Waals surface area contributed by atoms with E-state index in [4.69, 9.17) is 40.5 Å². The van der Waals surface area contributed by atoms with E-state index >= 15 is 0 Å². The number of aliphatic carboxylic acids is 3. The fourth-order valence-electron chi connectivity index (χ4n) is 0.306. The molecule has 20 heavy (non-hydrogen) atoms. The molecule has 10 heteroatoms. The van der Waals surface area contributed by atoms with Crippen LogP contribution in [-0.2, 0) is 14.4 Å². The molecule has 124 valence electrons. The molecule has 0 aromatic carbocycles. The Balaban J connectivity index is -0.0000000512. The van der Waals surface area contributed by atoms with Crippen LogP contribution in [0.15, 0.2) is 0 Å². The second kappa shape index (κ2) is 30.4. The first-order valence-corrected chi connectivity index (χ1v) is 5.21.